The molecule has 4 N–H and O–H groups in total. The van der Waals surface area contributed by atoms with Crippen molar-refractivity contribution in [2.45, 2.75) is 90.3 Å². The molecule has 0 bridgehead atoms. The highest BCUT2D eigenvalue weighted by molar-refractivity contribution is 9.10. The monoisotopic (exact) mass is 648 g/mol. The molecule has 2 unspecified atom stereocenters. The maximum atomic E-state index is 12.0. The van der Waals surface area contributed by atoms with Crippen LogP contribution in [0.1, 0.15) is 89.3 Å². The van der Waals surface area contributed by atoms with E-state index >= 15 is 0 Å². The summed E-state index contributed by atoms with van der Waals surface area (Å²) in [5.74, 6) is -0.540. The van der Waals surface area contributed by atoms with Crippen molar-refractivity contribution in [3.63, 3.8) is 0 Å². The lowest BCUT2D eigenvalue weighted by atomic mass is 9.83. The van der Waals surface area contributed by atoms with Crippen LogP contribution in [0.25, 0.3) is 0 Å². The Morgan fingerprint density at radius 1 is 0.816 bits per heavy atom. The largest absolute Gasteiger partial charge is 0.369 e. The number of fused-ring (bicyclic) bond motifs is 2. The van der Waals surface area contributed by atoms with Gasteiger partial charge in [0, 0.05) is 52.3 Å². The highest BCUT2D eigenvalue weighted by Crippen LogP contribution is 2.41. The van der Waals surface area contributed by atoms with Gasteiger partial charge >= 0.3 is 0 Å². The van der Waals surface area contributed by atoms with E-state index in [-0.39, 0.29) is 41.8 Å². The van der Waals surface area contributed by atoms with Crippen LogP contribution < -0.4 is 21.3 Å². The van der Waals surface area contributed by atoms with Crippen molar-refractivity contribution >= 4 is 61.0 Å². The van der Waals surface area contributed by atoms with Gasteiger partial charge in [-0.25, -0.2) is 0 Å². The van der Waals surface area contributed by atoms with Gasteiger partial charge in [0.25, 0.3) is 0 Å². The summed E-state index contributed by atoms with van der Waals surface area (Å²) in [5, 5.41) is 0. The molecule has 2 heterocycles. The van der Waals surface area contributed by atoms with E-state index in [1.54, 1.807) is 13.8 Å². The quantitative estimate of drug-likeness (QED) is 0.395. The lowest BCUT2D eigenvalue weighted by Crippen LogP contribution is -2.45. The Morgan fingerprint density at radius 2 is 1.26 bits per heavy atom. The van der Waals surface area contributed by atoms with Crippen LogP contribution >= 0.6 is 31.9 Å². The summed E-state index contributed by atoms with van der Waals surface area (Å²) < 4.78 is 1.90. The molecule has 206 valence electrons. The number of nitrogens with zero attached hydrogens (tertiary/aromatic N) is 2. The maximum Gasteiger partial charge on any atom is 0.225 e. The predicted octanol–water partition coefficient (Wildman–Crippen LogP) is 6.32. The predicted molar refractivity (Wildman–Crippen MR) is 160 cm³/mol. The second-order valence-electron chi connectivity index (χ2n) is 10.1. The summed E-state index contributed by atoms with van der Waals surface area (Å²) in [5.41, 5.74) is 15.5. The fraction of sp³-hybridized carbons (Fsp3) is 0.483. The molecule has 3 amide bonds. The van der Waals surface area contributed by atoms with Crippen molar-refractivity contribution in [1.82, 2.24) is 0 Å². The van der Waals surface area contributed by atoms with Gasteiger partial charge in [0.05, 0.1) is 5.92 Å². The molecule has 2 aliphatic heterocycles. The van der Waals surface area contributed by atoms with Gasteiger partial charge in [0.1, 0.15) is 0 Å². The molecule has 0 saturated heterocycles. The van der Waals surface area contributed by atoms with Crippen molar-refractivity contribution in [1.29, 1.82) is 0 Å². The van der Waals surface area contributed by atoms with Crippen LogP contribution in [0.15, 0.2) is 45.3 Å². The number of halogens is 2. The zero-order valence-corrected chi connectivity index (χ0v) is 25.7. The van der Waals surface area contributed by atoms with E-state index in [0.29, 0.717) is 6.42 Å². The first-order valence-electron chi connectivity index (χ1n) is 13.2. The standard InChI is InChI=1S/C15H19BrN2O2.C14H19BrN2O/c1-3-4-11-8-13(15(17)20)12-7-10(16)5-6-14(12)18(11)9(2)19;1-3-4-11-8-13(16)12-7-10(15)5-6-14(12)17(11)9(2)18/h5-7,11,13H,3-4,8H2,1-2H3,(H2,17,20);5-7,11,13H,3-4,8,16H2,1-2H3/t;11-,13+/m.1/s1. The van der Waals surface area contributed by atoms with E-state index in [1.165, 1.54) is 0 Å². The minimum absolute atomic E-state index is 0.00921. The molecule has 0 spiro atoms. The summed E-state index contributed by atoms with van der Waals surface area (Å²) in [6, 6.07) is 11.9. The summed E-state index contributed by atoms with van der Waals surface area (Å²) in [6.45, 7) is 7.42. The number of carbonyl (C=O) groups excluding carboxylic acids is 3. The van der Waals surface area contributed by atoms with Crippen LogP contribution in [-0.4, -0.2) is 29.8 Å². The van der Waals surface area contributed by atoms with E-state index in [1.807, 2.05) is 46.2 Å². The second-order valence-corrected chi connectivity index (χ2v) is 11.9. The Bertz CT molecular complexity index is 1190. The third-order valence-corrected chi connectivity index (χ3v) is 8.29. The SMILES string of the molecule is CCCC1CC(C(N)=O)c2cc(Br)ccc2N1C(C)=O.CCC[C@@H]1C[C@H](N)c2cc(Br)ccc2N1C(C)=O. The number of hydrogen-bond acceptors (Lipinski definition) is 4. The van der Waals surface area contributed by atoms with E-state index in [0.717, 1.165) is 63.6 Å². The third-order valence-electron chi connectivity index (χ3n) is 7.30. The Morgan fingerprint density at radius 3 is 1.71 bits per heavy atom. The lowest BCUT2D eigenvalue weighted by molar-refractivity contribution is -0.121. The number of hydrogen-bond donors (Lipinski definition) is 2. The fourth-order valence-electron chi connectivity index (χ4n) is 5.77. The van der Waals surface area contributed by atoms with Crippen molar-refractivity contribution in [3.8, 4) is 0 Å². The molecule has 2 aliphatic rings. The van der Waals surface area contributed by atoms with Gasteiger partial charge < -0.3 is 21.3 Å². The molecule has 9 heteroatoms. The average Bonchev–Trinajstić information content (AvgIpc) is 2.84. The molecule has 4 rings (SSSR count). The van der Waals surface area contributed by atoms with Gasteiger partial charge in [-0.05, 0) is 73.2 Å². The zero-order chi connectivity index (χ0) is 28.1. The Balaban J connectivity index is 0.000000212. The molecular formula is C29H38Br2N4O3. The zero-order valence-electron chi connectivity index (χ0n) is 22.5. The van der Waals surface area contributed by atoms with Crippen molar-refractivity contribution in [3.05, 3.63) is 56.5 Å². The molecule has 2 aromatic carbocycles. The average molecular weight is 650 g/mol. The minimum Gasteiger partial charge on any atom is -0.369 e. The number of primary amides is 1. The summed E-state index contributed by atoms with van der Waals surface area (Å²) in [6.07, 6.45) is 5.35. The smallest absolute Gasteiger partial charge is 0.225 e. The Hall–Kier alpha value is -2.23. The molecule has 7 nitrogen and oxygen atoms in total. The number of nitrogens with two attached hydrogens (primary N) is 2. The number of rotatable bonds is 5. The Kier molecular flexibility index (Phi) is 10.5. The van der Waals surface area contributed by atoms with E-state index < -0.39 is 0 Å². The minimum atomic E-state index is -0.325. The normalized spacial score (nSPS) is 22.1. The molecule has 0 radical (unpaired) electrons. The molecule has 0 aliphatic carbocycles. The number of carbonyl (C=O) groups is 3. The highest BCUT2D eigenvalue weighted by Gasteiger charge is 2.37. The third kappa shape index (κ3) is 6.66. The van der Waals surface area contributed by atoms with Crippen LogP contribution in [0, 0.1) is 0 Å². The van der Waals surface area contributed by atoms with Gasteiger partial charge in [-0.3, -0.25) is 14.4 Å². The number of anilines is 2. The van der Waals surface area contributed by atoms with E-state index in [4.69, 9.17) is 11.5 Å². The molecule has 2 aromatic rings. The van der Waals surface area contributed by atoms with Crippen LogP contribution in [0.5, 0.6) is 0 Å². The first kappa shape index (κ1) is 30.3. The topological polar surface area (TPSA) is 110 Å². The first-order valence-corrected chi connectivity index (χ1v) is 14.8. The van der Waals surface area contributed by atoms with E-state index in [9.17, 15) is 14.4 Å². The van der Waals surface area contributed by atoms with Crippen molar-refractivity contribution in [2.75, 3.05) is 9.80 Å². The molecule has 0 saturated carbocycles. The molecule has 0 fully saturated rings. The highest BCUT2D eigenvalue weighted by atomic mass is 79.9. The van der Waals surface area contributed by atoms with Crippen LogP contribution in [0.4, 0.5) is 11.4 Å². The fourth-order valence-corrected chi connectivity index (χ4v) is 6.53. The van der Waals surface area contributed by atoms with Gasteiger partial charge in [-0.2, -0.15) is 0 Å². The Labute approximate surface area is 242 Å². The van der Waals surface area contributed by atoms with Gasteiger partial charge in [0.2, 0.25) is 17.7 Å². The number of amides is 3. The van der Waals surface area contributed by atoms with Gasteiger partial charge in [0.15, 0.2) is 0 Å². The van der Waals surface area contributed by atoms with Crippen molar-refractivity contribution in [2.24, 2.45) is 11.5 Å². The molecular weight excluding hydrogens is 612 g/mol. The summed E-state index contributed by atoms with van der Waals surface area (Å²) in [7, 11) is 0. The second kappa shape index (κ2) is 13.2. The lowest BCUT2D eigenvalue weighted by Gasteiger charge is -2.39. The van der Waals surface area contributed by atoms with Crippen LogP contribution in [0.3, 0.4) is 0 Å². The molecule has 4 atom stereocenters. The van der Waals surface area contributed by atoms with Gasteiger partial charge in [-0.15, -0.1) is 0 Å². The molecule has 38 heavy (non-hydrogen) atoms. The van der Waals surface area contributed by atoms with Crippen LogP contribution in [0.2, 0.25) is 0 Å². The van der Waals surface area contributed by atoms with E-state index in [2.05, 4.69) is 45.7 Å². The number of benzene rings is 2. The van der Waals surface area contributed by atoms with Crippen molar-refractivity contribution < 1.29 is 14.4 Å². The van der Waals surface area contributed by atoms with Crippen LogP contribution in [-0.2, 0) is 14.4 Å². The van der Waals surface area contributed by atoms with Gasteiger partial charge in [-0.1, -0.05) is 58.5 Å². The summed E-state index contributed by atoms with van der Waals surface area (Å²) >= 11 is 6.88. The molecule has 0 aromatic heterocycles. The maximum absolute atomic E-state index is 12.0. The summed E-state index contributed by atoms with van der Waals surface area (Å²) in [4.78, 5) is 39.4. The first-order chi connectivity index (χ1) is 18.0.